The lowest BCUT2D eigenvalue weighted by atomic mass is 10.2. The van der Waals surface area contributed by atoms with Crippen LogP contribution < -0.4 is 4.80 Å². The first kappa shape index (κ1) is 17.1. The van der Waals surface area contributed by atoms with E-state index in [9.17, 15) is 9.59 Å². The molecule has 0 aliphatic carbocycles. The van der Waals surface area contributed by atoms with Crippen LogP contribution in [0.25, 0.3) is 10.2 Å². The van der Waals surface area contributed by atoms with E-state index in [1.54, 1.807) is 36.9 Å². The van der Waals surface area contributed by atoms with Crippen LogP contribution in [-0.2, 0) is 18.8 Å². The lowest BCUT2D eigenvalue weighted by molar-refractivity contribution is 0.0526. The van der Waals surface area contributed by atoms with Crippen molar-refractivity contribution in [3.05, 3.63) is 46.0 Å². The van der Waals surface area contributed by atoms with Crippen molar-refractivity contribution in [2.24, 2.45) is 19.1 Å². The highest BCUT2D eigenvalue weighted by molar-refractivity contribution is 7.16. The van der Waals surface area contributed by atoms with E-state index in [2.05, 4.69) is 10.1 Å². The van der Waals surface area contributed by atoms with Gasteiger partial charge in [-0.2, -0.15) is 10.1 Å². The zero-order valence-corrected chi connectivity index (χ0v) is 15.3. The highest BCUT2D eigenvalue weighted by atomic mass is 32.1. The van der Waals surface area contributed by atoms with Crippen LogP contribution in [0.15, 0.2) is 29.3 Å². The molecular weight excluding hydrogens is 340 g/mol. The summed E-state index contributed by atoms with van der Waals surface area (Å²) in [6.45, 7) is 3.97. The fraction of sp³-hybridized carbons (Fsp3) is 0.294. The zero-order valence-electron chi connectivity index (χ0n) is 14.4. The number of nitrogens with zero attached hydrogens (tertiary/aromatic N) is 4. The monoisotopic (exact) mass is 358 g/mol. The number of amides is 1. The highest BCUT2D eigenvalue weighted by Gasteiger charge is 2.13. The van der Waals surface area contributed by atoms with Crippen LogP contribution in [0, 0.1) is 6.92 Å². The quantitative estimate of drug-likeness (QED) is 0.673. The molecule has 8 heteroatoms. The molecule has 0 saturated heterocycles. The van der Waals surface area contributed by atoms with Crippen LogP contribution in [0.5, 0.6) is 0 Å². The Kier molecular flexibility index (Phi) is 4.54. The molecule has 0 spiro atoms. The highest BCUT2D eigenvalue weighted by Crippen LogP contribution is 2.19. The number of esters is 1. The van der Waals surface area contributed by atoms with Crippen molar-refractivity contribution >= 4 is 33.4 Å². The van der Waals surface area contributed by atoms with Crippen molar-refractivity contribution in [3.63, 3.8) is 0 Å². The van der Waals surface area contributed by atoms with E-state index >= 15 is 0 Å². The van der Waals surface area contributed by atoms with Gasteiger partial charge in [-0.3, -0.25) is 9.48 Å². The van der Waals surface area contributed by atoms with Gasteiger partial charge in [-0.15, -0.1) is 0 Å². The summed E-state index contributed by atoms with van der Waals surface area (Å²) in [6.07, 6.45) is 0. The summed E-state index contributed by atoms with van der Waals surface area (Å²) in [4.78, 5) is 28.9. The van der Waals surface area contributed by atoms with E-state index in [1.165, 1.54) is 11.3 Å². The molecule has 2 heterocycles. The summed E-state index contributed by atoms with van der Waals surface area (Å²) in [5.74, 6) is -0.754. The number of benzene rings is 1. The van der Waals surface area contributed by atoms with Gasteiger partial charge >= 0.3 is 5.97 Å². The van der Waals surface area contributed by atoms with Crippen molar-refractivity contribution in [3.8, 4) is 0 Å². The number of carbonyl (C=O) groups is 2. The molecular formula is C17H18N4O3S. The molecule has 0 atom stereocenters. The fourth-order valence-electron chi connectivity index (χ4n) is 2.39. The van der Waals surface area contributed by atoms with Gasteiger partial charge < -0.3 is 9.30 Å². The first-order valence-corrected chi connectivity index (χ1v) is 8.58. The fourth-order valence-corrected chi connectivity index (χ4v) is 3.45. The molecule has 3 rings (SSSR count). The molecule has 130 valence electrons. The van der Waals surface area contributed by atoms with E-state index in [0.29, 0.717) is 22.7 Å². The summed E-state index contributed by atoms with van der Waals surface area (Å²) < 4.78 is 9.34. The maximum Gasteiger partial charge on any atom is 0.338 e. The Hall–Kier alpha value is -2.74. The van der Waals surface area contributed by atoms with Gasteiger partial charge in [0.05, 0.1) is 22.4 Å². The Morgan fingerprint density at radius 3 is 2.68 bits per heavy atom. The second kappa shape index (κ2) is 6.64. The van der Waals surface area contributed by atoms with E-state index in [1.807, 2.05) is 24.6 Å². The largest absolute Gasteiger partial charge is 0.462 e. The third-order valence-corrected chi connectivity index (χ3v) is 4.95. The van der Waals surface area contributed by atoms with Gasteiger partial charge in [0.25, 0.3) is 5.91 Å². The van der Waals surface area contributed by atoms with Crippen LogP contribution in [0.3, 0.4) is 0 Å². The van der Waals surface area contributed by atoms with E-state index in [0.717, 1.165) is 15.9 Å². The Morgan fingerprint density at radius 2 is 2.04 bits per heavy atom. The Balaban J connectivity index is 2.03. The van der Waals surface area contributed by atoms with Crippen molar-refractivity contribution in [2.75, 3.05) is 6.61 Å². The predicted octanol–water partition coefficient (Wildman–Crippen LogP) is 2.20. The van der Waals surface area contributed by atoms with Crippen molar-refractivity contribution < 1.29 is 14.3 Å². The predicted molar refractivity (Wildman–Crippen MR) is 94.6 cm³/mol. The average Bonchev–Trinajstić information content (AvgIpc) is 3.08. The van der Waals surface area contributed by atoms with Gasteiger partial charge in [-0.25, -0.2) is 4.79 Å². The second-order valence-electron chi connectivity index (χ2n) is 5.56. The number of hydrogen-bond acceptors (Lipinski definition) is 5. The van der Waals surface area contributed by atoms with Gasteiger partial charge in [0, 0.05) is 19.8 Å². The first-order chi connectivity index (χ1) is 11.9. The topological polar surface area (TPSA) is 78.5 Å². The van der Waals surface area contributed by atoms with Gasteiger partial charge in [-0.05, 0) is 38.1 Å². The molecule has 0 fully saturated rings. The molecule has 0 unspecified atom stereocenters. The SMILES string of the molecule is CCOC(=O)c1ccc2c(c1)sc(=NC(=O)c1cc(C)n(C)n1)n2C. The molecule has 0 N–H and O–H groups in total. The molecule has 3 aromatic rings. The van der Waals surface area contributed by atoms with Crippen LogP contribution in [-0.4, -0.2) is 32.8 Å². The number of ether oxygens (including phenoxy) is 1. The third kappa shape index (κ3) is 3.25. The lowest BCUT2D eigenvalue weighted by Crippen LogP contribution is -2.13. The number of fused-ring (bicyclic) bond motifs is 1. The van der Waals surface area contributed by atoms with Crippen LogP contribution in [0.4, 0.5) is 0 Å². The normalized spacial score (nSPS) is 11.9. The van der Waals surface area contributed by atoms with Gasteiger partial charge in [-0.1, -0.05) is 11.3 Å². The Labute approximate surface area is 148 Å². The van der Waals surface area contributed by atoms with Gasteiger partial charge in [0.2, 0.25) is 0 Å². The van der Waals surface area contributed by atoms with Crippen LogP contribution in [0.1, 0.15) is 33.5 Å². The molecule has 1 aromatic carbocycles. The molecule has 0 aliphatic heterocycles. The second-order valence-corrected chi connectivity index (χ2v) is 6.57. The van der Waals surface area contributed by atoms with Crippen molar-refractivity contribution in [1.29, 1.82) is 0 Å². The lowest BCUT2D eigenvalue weighted by Gasteiger charge is -2.01. The minimum absolute atomic E-state index is 0.310. The molecule has 0 aliphatic rings. The summed E-state index contributed by atoms with van der Waals surface area (Å²) in [7, 11) is 3.61. The Bertz CT molecular complexity index is 1020. The van der Waals surface area contributed by atoms with Crippen LogP contribution >= 0.6 is 11.3 Å². The van der Waals surface area contributed by atoms with Crippen molar-refractivity contribution in [1.82, 2.24) is 14.3 Å². The molecule has 2 aromatic heterocycles. The summed E-state index contributed by atoms with van der Waals surface area (Å²) in [5.41, 5.74) is 2.57. The number of aryl methyl sites for hydroxylation is 3. The van der Waals surface area contributed by atoms with E-state index in [4.69, 9.17) is 4.74 Å². The molecule has 0 bridgehead atoms. The van der Waals surface area contributed by atoms with E-state index in [-0.39, 0.29) is 5.97 Å². The number of thiazole rings is 1. The molecule has 0 saturated carbocycles. The standard InChI is InChI=1S/C17H18N4O3S/c1-5-24-16(23)11-6-7-13-14(9-11)25-17(20(13)3)18-15(22)12-8-10(2)21(4)19-12/h6-9H,5H2,1-4H3. The Morgan fingerprint density at radius 1 is 1.28 bits per heavy atom. The number of aromatic nitrogens is 3. The number of hydrogen-bond donors (Lipinski definition) is 0. The van der Waals surface area contributed by atoms with Gasteiger partial charge in [0.1, 0.15) is 0 Å². The summed E-state index contributed by atoms with van der Waals surface area (Å²) in [6, 6.07) is 7.00. The summed E-state index contributed by atoms with van der Waals surface area (Å²) >= 11 is 1.34. The number of carbonyl (C=O) groups excluding carboxylic acids is 2. The first-order valence-electron chi connectivity index (χ1n) is 7.77. The maximum atomic E-state index is 12.3. The minimum Gasteiger partial charge on any atom is -0.462 e. The smallest absolute Gasteiger partial charge is 0.338 e. The summed E-state index contributed by atoms with van der Waals surface area (Å²) in [5, 5.41) is 4.16. The third-order valence-electron chi connectivity index (χ3n) is 3.85. The molecule has 1 amide bonds. The molecule has 7 nitrogen and oxygen atoms in total. The molecule has 25 heavy (non-hydrogen) atoms. The maximum absolute atomic E-state index is 12.3. The van der Waals surface area contributed by atoms with E-state index < -0.39 is 5.91 Å². The van der Waals surface area contributed by atoms with Crippen LogP contribution in [0.2, 0.25) is 0 Å². The zero-order chi connectivity index (χ0) is 18.1. The molecule has 0 radical (unpaired) electrons. The average molecular weight is 358 g/mol. The van der Waals surface area contributed by atoms with Crippen molar-refractivity contribution in [2.45, 2.75) is 13.8 Å². The van der Waals surface area contributed by atoms with Gasteiger partial charge in [0.15, 0.2) is 10.5 Å². The minimum atomic E-state index is -0.392. The number of rotatable bonds is 3.